The van der Waals surface area contributed by atoms with Gasteiger partial charge in [-0.1, -0.05) is 66.7 Å². The van der Waals surface area contributed by atoms with E-state index in [1.807, 2.05) is 60.7 Å². The summed E-state index contributed by atoms with van der Waals surface area (Å²) in [5.41, 5.74) is 2.56. The minimum atomic E-state index is -1.00. The van der Waals surface area contributed by atoms with Crippen LogP contribution in [-0.4, -0.2) is 16.9 Å². The standard InChI is InChI=1S/C21H16O3S/c22-18(12-11-15-7-3-1-4-8-15)13-17-14-25-20(19(17)21(23)24)16-9-5-2-6-10-16/h1-12,14H,13H2,(H,23,24)/b12-11+. The number of allylic oxidation sites excluding steroid dienone is 1. The molecule has 3 rings (SSSR count). The summed E-state index contributed by atoms with van der Waals surface area (Å²) in [5.74, 6) is -1.13. The van der Waals surface area contributed by atoms with E-state index >= 15 is 0 Å². The zero-order chi connectivity index (χ0) is 17.6. The number of hydrogen-bond acceptors (Lipinski definition) is 3. The van der Waals surface area contributed by atoms with Crippen LogP contribution in [0, 0.1) is 0 Å². The Morgan fingerprint density at radius 2 is 1.60 bits per heavy atom. The highest BCUT2D eigenvalue weighted by molar-refractivity contribution is 7.14. The summed E-state index contributed by atoms with van der Waals surface area (Å²) >= 11 is 1.36. The third-order valence-corrected chi connectivity index (χ3v) is 4.82. The van der Waals surface area contributed by atoms with E-state index in [1.165, 1.54) is 17.4 Å². The van der Waals surface area contributed by atoms with Gasteiger partial charge >= 0.3 is 5.97 Å². The summed E-state index contributed by atoms with van der Waals surface area (Å²) < 4.78 is 0. The molecule has 0 radical (unpaired) electrons. The molecule has 3 aromatic rings. The van der Waals surface area contributed by atoms with Crippen LogP contribution in [0.5, 0.6) is 0 Å². The molecule has 1 aromatic heterocycles. The molecule has 0 aliphatic heterocycles. The number of carboxylic acid groups (broad SMARTS) is 1. The lowest BCUT2D eigenvalue weighted by atomic mass is 10.0. The van der Waals surface area contributed by atoms with Crippen LogP contribution in [0.15, 0.2) is 72.1 Å². The molecule has 1 heterocycles. The van der Waals surface area contributed by atoms with Crippen molar-refractivity contribution in [3.05, 3.63) is 88.8 Å². The third-order valence-electron chi connectivity index (χ3n) is 3.74. The third kappa shape index (κ3) is 4.11. The van der Waals surface area contributed by atoms with Crippen molar-refractivity contribution >= 4 is 29.2 Å². The quantitative estimate of drug-likeness (QED) is 0.642. The second-order valence-corrected chi connectivity index (χ2v) is 6.40. The number of benzene rings is 2. The maximum atomic E-state index is 12.2. The molecule has 0 unspecified atom stereocenters. The van der Waals surface area contributed by atoms with Crippen molar-refractivity contribution in [3.8, 4) is 10.4 Å². The highest BCUT2D eigenvalue weighted by atomic mass is 32.1. The van der Waals surface area contributed by atoms with Gasteiger partial charge in [-0.05, 0) is 28.1 Å². The number of carbonyl (C=O) groups excluding carboxylic acids is 1. The van der Waals surface area contributed by atoms with Crippen molar-refractivity contribution in [2.75, 3.05) is 0 Å². The van der Waals surface area contributed by atoms with Gasteiger partial charge in [0.2, 0.25) is 0 Å². The second kappa shape index (κ2) is 7.73. The summed E-state index contributed by atoms with van der Waals surface area (Å²) in [4.78, 5) is 24.6. The van der Waals surface area contributed by atoms with E-state index in [0.717, 1.165) is 11.1 Å². The van der Waals surface area contributed by atoms with E-state index in [1.54, 1.807) is 11.5 Å². The Bertz CT molecular complexity index is 909. The van der Waals surface area contributed by atoms with Gasteiger partial charge in [0.1, 0.15) is 0 Å². The molecule has 124 valence electrons. The van der Waals surface area contributed by atoms with Gasteiger partial charge in [-0.25, -0.2) is 4.79 Å². The monoisotopic (exact) mass is 348 g/mol. The smallest absolute Gasteiger partial charge is 0.337 e. The summed E-state index contributed by atoms with van der Waals surface area (Å²) in [7, 11) is 0. The molecule has 0 aliphatic rings. The van der Waals surface area contributed by atoms with E-state index in [4.69, 9.17) is 0 Å². The Hall–Kier alpha value is -2.98. The lowest BCUT2D eigenvalue weighted by Crippen LogP contribution is -2.05. The molecule has 0 saturated heterocycles. The summed E-state index contributed by atoms with van der Waals surface area (Å²) in [6.45, 7) is 0. The van der Waals surface area contributed by atoms with E-state index in [0.29, 0.717) is 10.4 Å². The minimum absolute atomic E-state index is 0.0777. The molecule has 1 N–H and O–H groups in total. The van der Waals surface area contributed by atoms with Crippen molar-refractivity contribution in [1.82, 2.24) is 0 Å². The number of thiophene rings is 1. The molecule has 0 aliphatic carbocycles. The first-order valence-corrected chi connectivity index (χ1v) is 8.68. The zero-order valence-electron chi connectivity index (χ0n) is 13.4. The van der Waals surface area contributed by atoms with Crippen LogP contribution in [0.3, 0.4) is 0 Å². The molecular formula is C21H16O3S. The van der Waals surface area contributed by atoms with Crippen LogP contribution in [0.1, 0.15) is 21.5 Å². The number of carboxylic acids is 1. The van der Waals surface area contributed by atoms with E-state index in [-0.39, 0.29) is 17.8 Å². The largest absolute Gasteiger partial charge is 0.478 e. The molecule has 3 nitrogen and oxygen atoms in total. The van der Waals surface area contributed by atoms with Gasteiger partial charge < -0.3 is 5.11 Å². The number of aromatic carboxylic acids is 1. The zero-order valence-corrected chi connectivity index (χ0v) is 14.2. The van der Waals surface area contributed by atoms with Gasteiger partial charge in [0.05, 0.1) is 5.56 Å². The topological polar surface area (TPSA) is 54.4 Å². The normalized spacial score (nSPS) is 10.9. The van der Waals surface area contributed by atoms with Crippen molar-refractivity contribution in [2.24, 2.45) is 0 Å². The van der Waals surface area contributed by atoms with Gasteiger partial charge in [-0.3, -0.25) is 4.79 Å². The van der Waals surface area contributed by atoms with Crippen molar-refractivity contribution in [1.29, 1.82) is 0 Å². The van der Waals surface area contributed by atoms with Crippen LogP contribution in [-0.2, 0) is 11.2 Å². The predicted octanol–water partition coefficient (Wildman–Crippen LogP) is 4.94. The lowest BCUT2D eigenvalue weighted by molar-refractivity contribution is -0.113. The number of carbonyl (C=O) groups is 2. The Balaban J connectivity index is 1.83. The van der Waals surface area contributed by atoms with E-state index in [9.17, 15) is 14.7 Å². The molecule has 0 bridgehead atoms. The van der Waals surface area contributed by atoms with Gasteiger partial charge in [-0.15, -0.1) is 11.3 Å². The molecule has 0 atom stereocenters. The van der Waals surface area contributed by atoms with Crippen molar-refractivity contribution in [3.63, 3.8) is 0 Å². The first kappa shape index (κ1) is 16.9. The molecule has 0 saturated carbocycles. The fourth-order valence-electron chi connectivity index (χ4n) is 2.56. The van der Waals surface area contributed by atoms with Crippen LogP contribution in [0.2, 0.25) is 0 Å². The first-order chi connectivity index (χ1) is 12.1. The van der Waals surface area contributed by atoms with Gasteiger partial charge in [-0.2, -0.15) is 0 Å². The number of ketones is 1. The minimum Gasteiger partial charge on any atom is -0.478 e. The average molecular weight is 348 g/mol. The van der Waals surface area contributed by atoms with Crippen molar-refractivity contribution in [2.45, 2.75) is 6.42 Å². The molecule has 25 heavy (non-hydrogen) atoms. The predicted molar refractivity (Wildman–Crippen MR) is 101 cm³/mol. The molecule has 4 heteroatoms. The number of hydrogen-bond donors (Lipinski definition) is 1. The number of rotatable bonds is 6. The van der Waals surface area contributed by atoms with Crippen molar-refractivity contribution < 1.29 is 14.7 Å². The summed E-state index contributed by atoms with van der Waals surface area (Å²) in [6, 6.07) is 18.9. The Labute approximate surface area is 149 Å². The van der Waals surface area contributed by atoms with Gasteiger partial charge in [0.25, 0.3) is 0 Å². The van der Waals surface area contributed by atoms with Gasteiger partial charge in [0.15, 0.2) is 5.78 Å². The molecular weight excluding hydrogens is 332 g/mol. The fourth-order valence-corrected chi connectivity index (χ4v) is 3.63. The molecule has 2 aromatic carbocycles. The summed E-state index contributed by atoms with van der Waals surface area (Å²) in [5, 5.41) is 11.4. The molecule has 0 spiro atoms. The summed E-state index contributed by atoms with van der Waals surface area (Å²) in [6.07, 6.45) is 3.32. The lowest BCUT2D eigenvalue weighted by Gasteiger charge is -2.02. The van der Waals surface area contributed by atoms with E-state index in [2.05, 4.69) is 0 Å². The highest BCUT2D eigenvalue weighted by Crippen LogP contribution is 2.33. The molecule has 0 amide bonds. The maximum Gasteiger partial charge on any atom is 0.337 e. The highest BCUT2D eigenvalue weighted by Gasteiger charge is 2.20. The first-order valence-electron chi connectivity index (χ1n) is 7.80. The Morgan fingerprint density at radius 3 is 2.24 bits per heavy atom. The van der Waals surface area contributed by atoms with Crippen LogP contribution in [0.25, 0.3) is 16.5 Å². The van der Waals surface area contributed by atoms with Gasteiger partial charge in [0, 0.05) is 11.3 Å². The fraction of sp³-hybridized carbons (Fsp3) is 0.0476. The van der Waals surface area contributed by atoms with Crippen LogP contribution in [0.4, 0.5) is 0 Å². The Kier molecular flexibility index (Phi) is 5.21. The van der Waals surface area contributed by atoms with Crippen LogP contribution < -0.4 is 0 Å². The Morgan fingerprint density at radius 1 is 0.960 bits per heavy atom. The second-order valence-electron chi connectivity index (χ2n) is 5.52. The molecule has 0 fully saturated rings. The average Bonchev–Trinajstić information content (AvgIpc) is 3.05. The van der Waals surface area contributed by atoms with E-state index < -0.39 is 5.97 Å². The maximum absolute atomic E-state index is 12.2. The SMILES string of the molecule is O=C(/C=C/c1ccccc1)Cc1csc(-c2ccccc2)c1C(=O)O. The van der Waals surface area contributed by atoms with Crippen LogP contribution >= 0.6 is 11.3 Å².